The summed E-state index contributed by atoms with van der Waals surface area (Å²) in [5.74, 6) is 0.319. The Bertz CT molecular complexity index is 566. The van der Waals surface area contributed by atoms with Crippen LogP contribution in [0.25, 0.3) is 11.5 Å². The molecule has 0 N–H and O–H groups in total. The number of nitrogens with zero attached hydrogens (tertiary/aromatic N) is 2. The Morgan fingerprint density at radius 1 is 1.47 bits per heavy atom. The molecule has 2 aromatic rings. The van der Waals surface area contributed by atoms with Gasteiger partial charge in [0.05, 0.1) is 19.4 Å². The van der Waals surface area contributed by atoms with Crippen LogP contribution in [0.5, 0.6) is 0 Å². The molecule has 1 saturated carbocycles. The Hall–Kier alpha value is -2.04. The first-order valence-corrected chi connectivity index (χ1v) is 6.51. The largest absolute Gasteiger partial charge is 0.464 e. The van der Waals surface area contributed by atoms with E-state index in [4.69, 9.17) is 9.15 Å². The van der Waals surface area contributed by atoms with Gasteiger partial charge in [0.15, 0.2) is 11.5 Å². The first-order chi connectivity index (χ1) is 9.29. The number of methoxy groups -OCH3 is 1. The van der Waals surface area contributed by atoms with Crippen LogP contribution in [0.4, 0.5) is 0 Å². The van der Waals surface area contributed by atoms with Crippen LogP contribution in [0.2, 0.25) is 0 Å². The normalized spacial score (nSPS) is 15.8. The second-order valence-corrected chi connectivity index (χ2v) is 4.77. The molecule has 0 aliphatic heterocycles. The minimum absolute atomic E-state index is 0.334. The lowest BCUT2D eigenvalue weighted by Crippen LogP contribution is -2.10. The van der Waals surface area contributed by atoms with Crippen molar-refractivity contribution in [1.29, 1.82) is 0 Å². The highest BCUT2D eigenvalue weighted by Crippen LogP contribution is 2.33. The first kappa shape index (κ1) is 12.0. The van der Waals surface area contributed by atoms with Crippen molar-refractivity contribution in [2.75, 3.05) is 7.11 Å². The van der Waals surface area contributed by atoms with Crippen molar-refractivity contribution < 1.29 is 13.9 Å². The number of rotatable bonds is 3. The number of ether oxygens (including phenoxy) is 1. The number of hydrogen-bond donors (Lipinski definition) is 0. The van der Waals surface area contributed by atoms with Crippen LogP contribution in [0.3, 0.4) is 0 Å². The summed E-state index contributed by atoms with van der Waals surface area (Å²) in [4.78, 5) is 11.6. The molecule has 0 spiro atoms. The van der Waals surface area contributed by atoms with Crippen LogP contribution in [-0.4, -0.2) is 22.9 Å². The van der Waals surface area contributed by atoms with E-state index in [9.17, 15) is 4.79 Å². The molecule has 3 rings (SSSR count). The molecular formula is C14H16N2O3. The predicted octanol–water partition coefficient (Wildman–Crippen LogP) is 3.04. The standard InChI is InChI=1S/C14H16N2O3/c1-18-14(17)11-9-12(13-7-4-8-19-13)16(15-11)10-5-2-3-6-10/h4,7-10H,2-3,5-6H2,1H3. The summed E-state index contributed by atoms with van der Waals surface area (Å²) >= 11 is 0. The number of furan rings is 1. The third kappa shape index (κ3) is 2.16. The lowest BCUT2D eigenvalue weighted by molar-refractivity contribution is 0.0592. The zero-order valence-electron chi connectivity index (χ0n) is 10.8. The molecule has 19 heavy (non-hydrogen) atoms. The number of aromatic nitrogens is 2. The molecule has 2 aromatic heterocycles. The molecule has 1 aliphatic carbocycles. The average Bonchev–Trinajstić information content (AvgIpc) is 3.14. The lowest BCUT2D eigenvalue weighted by Gasteiger charge is -2.12. The molecule has 0 saturated heterocycles. The van der Waals surface area contributed by atoms with Crippen LogP contribution < -0.4 is 0 Å². The minimum Gasteiger partial charge on any atom is -0.464 e. The third-order valence-electron chi connectivity index (χ3n) is 3.57. The lowest BCUT2D eigenvalue weighted by atomic mass is 10.2. The van der Waals surface area contributed by atoms with E-state index < -0.39 is 5.97 Å². The topological polar surface area (TPSA) is 57.3 Å². The SMILES string of the molecule is COC(=O)c1cc(-c2ccco2)n(C2CCCC2)n1. The highest BCUT2D eigenvalue weighted by Gasteiger charge is 2.24. The van der Waals surface area contributed by atoms with E-state index in [1.54, 1.807) is 12.3 Å². The highest BCUT2D eigenvalue weighted by molar-refractivity contribution is 5.88. The molecule has 0 bridgehead atoms. The number of carbonyl (C=O) groups excluding carboxylic acids is 1. The molecule has 100 valence electrons. The monoisotopic (exact) mass is 260 g/mol. The van der Waals surface area contributed by atoms with Gasteiger partial charge < -0.3 is 9.15 Å². The third-order valence-corrected chi connectivity index (χ3v) is 3.57. The Balaban J connectivity index is 2.04. The van der Waals surface area contributed by atoms with Crippen LogP contribution in [-0.2, 0) is 4.74 Å². The van der Waals surface area contributed by atoms with Crippen molar-refractivity contribution in [2.45, 2.75) is 31.7 Å². The zero-order valence-corrected chi connectivity index (χ0v) is 10.8. The molecule has 5 heteroatoms. The predicted molar refractivity (Wildman–Crippen MR) is 68.8 cm³/mol. The van der Waals surface area contributed by atoms with Gasteiger partial charge in [0.1, 0.15) is 5.69 Å². The second kappa shape index (κ2) is 4.91. The van der Waals surface area contributed by atoms with Crippen LogP contribution in [0, 0.1) is 0 Å². The quantitative estimate of drug-likeness (QED) is 0.796. The van der Waals surface area contributed by atoms with Gasteiger partial charge in [0.2, 0.25) is 0 Å². The Labute approximate surface area is 111 Å². The summed E-state index contributed by atoms with van der Waals surface area (Å²) in [5.41, 5.74) is 1.18. The van der Waals surface area contributed by atoms with E-state index in [2.05, 4.69) is 5.10 Å². The second-order valence-electron chi connectivity index (χ2n) is 4.77. The van der Waals surface area contributed by atoms with Crippen LogP contribution >= 0.6 is 0 Å². The van der Waals surface area contributed by atoms with E-state index in [0.29, 0.717) is 11.7 Å². The van der Waals surface area contributed by atoms with Crippen molar-refractivity contribution in [3.05, 3.63) is 30.2 Å². The minimum atomic E-state index is -0.412. The van der Waals surface area contributed by atoms with Gasteiger partial charge in [-0.25, -0.2) is 4.79 Å². The molecule has 0 amide bonds. The van der Waals surface area contributed by atoms with Crippen molar-refractivity contribution in [3.8, 4) is 11.5 Å². The molecule has 1 fully saturated rings. The Morgan fingerprint density at radius 2 is 2.26 bits per heavy atom. The van der Waals surface area contributed by atoms with E-state index >= 15 is 0 Å². The summed E-state index contributed by atoms with van der Waals surface area (Å²) in [6, 6.07) is 5.80. The van der Waals surface area contributed by atoms with Gasteiger partial charge >= 0.3 is 5.97 Å². The maximum absolute atomic E-state index is 11.6. The summed E-state index contributed by atoms with van der Waals surface area (Å²) in [5, 5.41) is 4.40. The van der Waals surface area contributed by atoms with Crippen LogP contribution in [0.15, 0.2) is 28.9 Å². The van der Waals surface area contributed by atoms with Crippen molar-refractivity contribution in [2.24, 2.45) is 0 Å². The van der Waals surface area contributed by atoms with Gasteiger partial charge in [-0.15, -0.1) is 0 Å². The van der Waals surface area contributed by atoms with Gasteiger partial charge in [0.25, 0.3) is 0 Å². The highest BCUT2D eigenvalue weighted by atomic mass is 16.5. The Kier molecular flexibility index (Phi) is 3.11. The van der Waals surface area contributed by atoms with Crippen molar-refractivity contribution in [1.82, 2.24) is 9.78 Å². The average molecular weight is 260 g/mol. The Morgan fingerprint density at radius 3 is 2.89 bits per heavy atom. The van der Waals surface area contributed by atoms with E-state index in [1.165, 1.54) is 20.0 Å². The summed E-state index contributed by atoms with van der Waals surface area (Å²) in [7, 11) is 1.36. The van der Waals surface area contributed by atoms with Crippen molar-refractivity contribution >= 4 is 5.97 Å². The van der Waals surface area contributed by atoms with E-state index in [0.717, 1.165) is 24.3 Å². The summed E-state index contributed by atoms with van der Waals surface area (Å²) in [6.07, 6.45) is 6.22. The summed E-state index contributed by atoms with van der Waals surface area (Å²) in [6.45, 7) is 0. The molecular weight excluding hydrogens is 244 g/mol. The zero-order chi connectivity index (χ0) is 13.2. The van der Waals surface area contributed by atoms with Crippen LogP contribution in [0.1, 0.15) is 42.2 Å². The molecule has 0 aromatic carbocycles. The fourth-order valence-corrected chi connectivity index (χ4v) is 2.63. The maximum atomic E-state index is 11.6. The number of esters is 1. The van der Waals surface area contributed by atoms with Crippen molar-refractivity contribution in [3.63, 3.8) is 0 Å². The molecule has 5 nitrogen and oxygen atoms in total. The van der Waals surface area contributed by atoms with Gasteiger partial charge in [-0.3, -0.25) is 4.68 Å². The fraction of sp³-hybridized carbons (Fsp3) is 0.429. The fourth-order valence-electron chi connectivity index (χ4n) is 2.63. The summed E-state index contributed by atoms with van der Waals surface area (Å²) < 4.78 is 12.1. The first-order valence-electron chi connectivity index (χ1n) is 6.51. The van der Waals surface area contributed by atoms with Gasteiger partial charge in [-0.1, -0.05) is 12.8 Å². The molecule has 0 radical (unpaired) electrons. The van der Waals surface area contributed by atoms with E-state index in [1.807, 2.05) is 16.8 Å². The molecule has 0 atom stereocenters. The van der Waals surface area contributed by atoms with E-state index in [-0.39, 0.29) is 0 Å². The molecule has 0 unspecified atom stereocenters. The molecule has 2 heterocycles. The number of hydrogen-bond acceptors (Lipinski definition) is 4. The molecule has 1 aliphatic rings. The van der Waals surface area contributed by atoms with Gasteiger partial charge in [-0.2, -0.15) is 5.10 Å². The smallest absolute Gasteiger partial charge is 0.358 e. The maximum Gasteiger partial charge on any atom is 0.358 e. The van der Waals surface area contributed by atoms with Gasteiger partial charge in [-0.05, 0) is 25.0 Å². The number of carbonyl (C=O) groups is 1. The van der Waals surface area contributed by atoms with Gasteiger partial charge in [0, 0.05) is 6.07 Å².